The highest BCUT2D eigenvalue weighted by molar-refractivity contribution is 6.62. The zero-order chi connectivity index (χ0) is 16.8. The molecule has 0 saturated carbocycles. The lowest BCUT2D eigenvalue weighted by Crippen LogP contribution is -2.41. The molecule has 120 valence electrons. The molecular weight excluding hydrogens is 293 g/mol. The largest absolute Gasteiger partial charge is 0.495 e. The molecule has 2 heterocycles. The first-order valence-electron chi connectivity index (χ1n) is 7.68. The van der Waals surface area contributed by atoms with Crippen LogP contribution in [0.1, 0.15) is 33.3 Å². The second-order valence-electron chi connectivity index (χ2n) is 6.88. The number of carbonyl (C=O) groups excluding carboxylic acids is 2. The van der Waals surface area contributed by atoms with Crippen LogP contribution in [0.4, 0.5) is 0 Å². The molecule has 0 radical (unpaired) electrons. The van der Waals surface area contributed by atoms with Crippen LogP contribution in [0.25, 0.3) is 0 Å². The predicted octanol–water partition coefficient (Wildman–Crippen LogP) is 1.41. The number of benzene rings is 1. The van der Waals surface area contributed by atoms with Gasteiger partial charge in [0, 0.05) is 12.2 Å². The van der Waals surface area contributed by atoms with E-state index in [0.717, 1.165) is 11.0 Å². The first-order valence-corrected chi connectivity index (χ1v) is 7.68. The van der Waals surface area contributed by atoms with Crippen molar-refractivity contribution < 1.29 is 18.9 Å². The van der Waals surface area contributed by atoms with E-state index in [-0.39, 0.29) is 18.4 Å². The van der Waals surface area contributed by atoms with Crippen LogP contribution in [0.15, 0.2) is 36.4 Å². The van der Waals surface area contributed by atoms with Gasteiger partial charge in [-0.3, -0.25) is 14.5 Å². The maximum atomic E-state index is 11.8. The van der Waals surface area contributed by atoms with Gasteiger partial charge in [-0.15, -0.1) is 0 Å². The topological polar surface area (TPSA) is 55.8 Å². The Bertz CT molecular complexity index is 662. The summed E-state index contributed by atoms with van der Waals surface area (Å²) in [6, 6.07) is 7.58. The molecule has 1 saturated heterocycles. The van der Waals surface area contributed by atoms with Crippen LogP contribution in [-0.4, -0.2) is 35.0 Å². The molecule has 2 aliphatic rings. The van der Waals surface area contributed by atoms with Gasteiger partial charge in [0.05, 0.1) is 17.7 Å². The van der Waals surface area contributed by atoms with Gasteiger partial charge in [-0.25, -0.2) is 0 Å². The summed E-state index contributed by atoms with van der Waals surface area (Å²) in [5.74, 6) is -0.586. The number of imide groups is 1. The molecule has 2 amide bonds. The first kappa shape index (κ1) is 16.0. The fourth-order valence-corrected chi connectivity index (χ4v) is 2.64. The van der Waals surface area contributed by atoms with E-state index in [9.17, 15) is 9.59 Å². The lowest BCUT2D eigenvalue weighted by molar-refractivity contribution is -0.137. The van der Waals surface area contributed by atoms with Gasteiger partial charge in [-0.1, -0.05) is 24.3 Å². The molecule has 1 fully saturated rings. The van der Waals surface area contributed by atoms with Crippen LogP contribution in [0.3, 0.4) is 0 Å². The fourth-order valence-electron chi connectivity index (χ4n) is 2.64. The van der Waals surface area contributed by atoms with Crippen molar-refractivity contribution in [1.29, 1.82) is 0 Å². The molecule has 1 aromatic rings. The van der Waals surface area contributed by atoms with Crippen molar-refractivity contribution in [2.75, 3.05) is 0 Å². The molecular formula is C17H20BNO4. The number of nitrogens with zero attached hydrogens (tertiary/aromatic N) is 1. The average Bonchev–Trinajstić information content (AvgIpc) is 2.89. The quantitative estimate of drug-likeness (QED) is 0.625. The summed E-state index contributed by atoms with van der Waals surface area (Å²) in [6.07, 6.45) is 2.58. The van der Waals surface area contributed by atoms with Crippen LogP contribution in [0.2, 0.25) is 0 Å². The molecule has 0 unspecified atom stereocenters. The third kappa shape index (κ3) is 2.73. The Kier molecular flexibility index (Phi) is 3.69. The standard InChI is InChI=1S/C17H20BNO4/c1-16(2)17(3,4)23-18(22-16)13-8-6-5-7-12(13)11-19-14(20)9-10-15(19)21/h5-10H,11H2,1-4H3. The SMILES string of the molecule is CC1(C)OB(c2ccccc2CN2C(=O)C=CC2=O)OC1(C)C. The van der Waals surface area contributed by atoms with Crippen molar-refractivity contribution in [1.82, 2.24) is 4.90 Å². The maximum absolute atomic E-state index is 11.8. The Balaban J connectivity index is 1.88. The molecule has 5 nitrogen and oxygen atoms in total. The third-order valence-corrected chi connectivity index (χ3v) is 4.79. The van der Waals surface area contributed by atoms with Crippen molar-refractivity contribution in [2.24, 2.45) is 0 Å². The minimum Gasteiger partial charge on any atom is -0.399 e. The van der Waals surface area contributed by atoms with E-state index in [1.807, 2.05) is 52.0 Å². The van der Waals surface area contributed by atoms with E-state index >= 15 is 0 Å². The van der Waals surface area contributed by atoms with Crippen LogP contribution >= 0.6 is 0 Å². The highest BCUT2D eigenvalue weighted by Gasteiger charge is 2.52. The predicted molar refractivity (Wildman–Crippen MR) is 86.9 cm³/mol. The normalized spacial score (nSPS) is 22.3. The lowest BCUT2D eigenvalue weighted by Gasteiger charge is -2.32. The van der Waals surface area contributed by atoms with Crippen LogP contribution in [-0.2, 0) is 25.4 Å². The molecule has 0 spiro atoms. The monoisotopic (exact) mass is 313 g/mol. The van der Waals surface area contributed by atoms with E-state index in [1.165, 1.54) is 17.1 Å². The molecule has 0 N–H and O–H groups in total. The molecule has 2 aliphatic heterocycles. The van der Waals surface area contributed by atoms with E-state index in [2.05, 4.69) is 0 Å². The van der Waals surface area contributed by atoms with Gasteiger partial charge in [0.1, 0.15) is 0 Å². The highest BCUT2D eigenvalue weighted by Crippen LogP contribution is 2.36. The van der Waals surface area contributed by atoms with E-state index in [0.29, 0.717) is 0 Å². The summed E-state index contributed by atoms with van der Waals surface area (Å²) in [6.45, 7) is 8.19. The number of carbonyl (C=O) groups is 2. The number of hydrogen-bond acceptors (Lipinski definition) is 4. The van der Waals surface area contributed by atoms with Crippen LogP contribution in [0.5, 0.6) is 0 Å². The molecule has 0 aliphatic carbocycles. The van der Waals surface area contributed by atoms with Crippen molar-refractivity contribution in [3.63, 3.8) is 0 Å². The minimum atomic E-state index is -0.517. The molecule has 1 aromatic carbocycles. The van der Waals surface area contributed by atoms with Gasteiger partial charge < -0.3 is 9.31 Å². The molecule has 3 rings (SSSR count). The minimum absolute atomic E-state index is 0.213. The molecule has 23 heavy (non-hydrogen) atoms. The zero-order valence-electron chi connectivity index (χ0n) is 13.8. The molecule has 0 aromatic heterocycles. The summed E-state index contributed by atoms with van der Waals surface area (Å²) < 4.78 is 12.2. The zero-order valence-corrected chi connectivity index (χ0v) is 13.8. The Morgan fingerprint density at radius 2 is 1.48 bits per heavy atom. The molecule has 0 atom stereocenters. The summed E-state index contributed by atoms with van der Waals surface area (Å²) in [5, 5.41) is 0. The molecule has 0 bridgehead atoms. The van der Waals surface area contributed by atoms with Crippen LogP contribution < -0.4 is 5.46 Å². The number of hydrogen-bond donors (Lipinski definition) is 0. The van der Waals surface area contributed by atoms with Gasteiger partial charge in [0.25, 0.3) is 11.8 Å². The van der Waals surface area contributed by atoms with Gasteiger partial charge in [0.2, 0.25) is 0 Å². The van der Waals surface area contributed by atoms with E-state index in [4.69, 9.17) is 9.31 Å². The Morgan fingerprint density at radius 3 is 2.04 bits per heavy atom. The average molecular weight is 313 g/mol. The van der Waals surface area contributed by atoms with Gasteiger partial charge in [-0.2, -0.15) is 0 Å². The Labute approximate surface area is 136 Å². The smallest absolute Gasteiger partial charge is 0.399 e. The first-order chi connectivity index (χ1) is 10.7. The van der Waals surface area contributed by atoms with Crippen molar-refractivity contribution in [2.45, 2.75) is 45.4 Å². The van der Waals surface area contributed by atoms with Crippen molar-refractivity contribution in [3.05, 3.63) is 42.0 Å². The van der Waals surface area contributed by atoms with E-state index in [1.54, 1.807) is 0 Å². The lowest BCUT2D eigenvalue weighted by atomic mass is 9.76. The number of rotatable bonds is 3. The molecule has 6 heteroatoms. The fraction of sp³-hybridized carbons (Fsp3) is 0.412. The van der Waals surface area contributed by atoms with E-state index < -0.39 is 18.3 Å². The van der Waals surface area contributed by atoms with Gasteiger partial charge in [0.15, 0.2) is 0 Å². The maximum Gasteiger partial charge on any atom is 0.495 e. The Hall–Kier alpha value is -1.92. The van der Waals surface area contributed by atoms with Crippen molar-refractivity contribution >= 4 is 24.4 Å². The highest BCUT2D eigenvalue weighted by atomic mass is 16.7. The summed E-state index contributed by atoms with van der Waals surface area (Å²) >= 11 is 0. The summed E-state index contributed by atoms with van der Waals surface area (Å²) in [5.41, 5.74) is 0.812. The second kappa shape index (κ2) is 5.32. The van der Waals surface area contributed by atoms with Crippen molar-refractivity contribution in [3.8, 4) is 0 Å². The second-order valence-corrected chi connectivity index (χ2v) is 6.88. The van der Waals surface area contributed by atoms with Gasteiger partial charge >= 0.3 is 7.12 Å². The van der Waals surface area contributed by atoms with Gasteiger partial charge in [-0.05, 0) is 38.7 Å². The summed E-state index contributed by atoms with van der Waals surface area (Å²) in [4.78, 5) is 24.8. The number of amides is 2. The summed E-state index contributed by atoms with van der Waals surface area (Å²) in [7, 11) is -0.517. The third-order valence-electron chi connectivity index (χ3n) is 4.79. The van der Waals surface area contributed by atoms with Crippen LogP contribution in [0, 0.1) is 0 Å². The Morgan fingerprint density at radius 1 is 0.957 bits per heavy atom.